The van der Waals surface area contributed by atoms with Crippen LogP contribution in [0.3, 0.4) is 0 Å². The van der Waals surface area contributed by atoms with Crippen LogP contribution < -0.4 is 9.47 Å². The normalized spacial score (nSPS) is 20.8. The Hall–Kier alpha value is -4.36. The molecule has 1 saturated carbocycles. The molecule has 2 aromatic heterocycles. The lowest BCUT2D eigenvalue weighted by molar-refractivity contribution is 0.0270. The molecule has 4 aromatic rings. The maximum Gasteiger partial charge on any atom is 0.410 e. The number of amides is 1. The number of terminal acetylenes is 1. The van der Waals surface area contributed by atoms with Gasteiger partial charge in [-0.05, 0) is 56.2 Å². The van der Waals surface area contributed by atoms with Crippen molar-refractivity contribution in [2.24, 2.45) is 11.8 Å². The van der Waals surface area contributed by atoms with Crippen molar-refractivity contribution in [3.8, 4) is 35.1 Å². The number of hydrogen-bond acceptors (Lipinski definition) is 7. The third-order valence-electron chi connectivity index (χ3n) is 8.26. The number of rotatable bonds is 5. The fourth-order valence-corrected chi connectivity index (χ4v) is 6.49. The molecule has 9 nitrogen and oxygen atoms in total. The van der Waals surface area contributed by atoms with Crippen LogP contribution in [-0.2, 0) is 16.0 Å². The molecule has 7 rings (SSSR count). The van der Waals surface area contributed by atoms with Gasteiger partial charge in [-0.25, -0.2) is 9.18 Å². The van der Waals surface area contributed by atoms with Crippen molar-refractivity contribution in [1.82, 2.24) is 19.7 Å². The lowest BCUT2D eigenvalue weighted by Crippen LogP contribution is -2.36. The number of hydrogen-bond donors (Lipinski definition) is 0. The second-order valence-electron chi connectivity index (χ2n) is 12.1. The minimum absolute atomic E-state index is 0.0508. The van der Waals surface area contributed by atoms with Crippen LogP contribution in [0.2, 0.25) is 0 Å². The van der Waals surface area contributed by atoms with E-state index in [0.29, 0.717) is 71.6 Å². The van der Waals surface area contributed by atoms with Crippen LogP contribution in [0.15, 0.2) is 30.5 Å². The van der Waals surface area contributed by atoms with Gasteiger partial charge in [0.2, 0.25) is 0 Å². The Balaban J connectivity index is 1.30. The molecule has 0 radical (unpaired) electrons. The molecular formula is C32H31FN4O5. The van der Waals surface area contributed by atoms with Gasteiger partial charge in [-0.2, -0.15) is 5.10 Å². The average molecular weight is 571 g/mol. The Morgan fingerprint density at radius 3 is 2.74 bits per heavy atom. The van der Waals surface area contributed by atoms with Crippen LogP contribution in [0.5, 0.6) is 11.5 Å². The van der Waals surface area contributed by atoms with Gasteiger partial charge in [0.05, 0.1) is 17.8 Å². The number of ether oxygens (including phenoxy) is 4. The van der Waals surface area contributed by atoms with Crippen LogP contribution >= 0.6 is 0 Å². The van der Waals surface area contributed by atoms with E-state index in [2.05, 4.69) is 5.92 Å². The number of aromatic nitrogens is 3. The second kappa shape index (κ2) is 9.60. The first-order valence-corrected chi connectivity index (χ1v) is 14.0. The Kier molecular flexibility index (Phi) is 6.06. The number of carbonyl (C=O) groups is 1. The zero-order valence-electron chi connectivity index (χ0n) is 23.9. The van der Waals surface area contributed by atoms with Crippen LogP contribution in [-0.4, -0.2) is 65.0 Å². The SMILES string of the molecule is C#Cc1c(F)ccc2cc(OCOC)cc(-c3ncc4c(C5[C@H]6CN(C(=O)OC(C)(C)C)C[C@@H]56)nn5c4c3OCC5)c12. The molecule has 42 heavy (non-hydrogen) atoms. The quantitative estimate of drug-likeness (QED) is 0.237. The van der Waals surface area contributed by atoms with Gasteiger partial charge in [-0.15, -0.1) is 6.42 Å². The lowest BCUT2D eigenvalue weighted by atomic mass is 9.95. The molecule has 10 heteroatoms. The summed E-state index contributed by atoms with van der Waals surface area (Å²) in [4.78, 5) is 19.3. The summed E-state index contributed by atoms with van der Waals surface area (Å²) in [6, 6.07) is 6.63. The van der Waals surface area contributed by atoms with Gasteiger partial charge >= 0.3 is 6.09 Å². The molecule has 1 aliphatic carbocycles. The number of halogens is 1. The van der Waals surface area contributed by atoms with E-state index in [0.717, 1.165) is 16.6 Å². The van der Waals surface area contributed by atoms with E-state index in [4.69, 9.17) is 35.5 Å². The van der Waals surface area contributed by atoms with E-state index in [1.54, 1.807) is 30.2 Å². The number of pyridine rings is 1. The summed E-state index contributed by atoms with van der Waals surface area (Å²) >= 11 is 0. The van der Waals surface area contributed by atoms with Gasteiger partial charge in [0.1, 0.15) is 35.0 Å². The van der Waals surface area contributed by atoms with E-state index >= 15 is 0 Å². The standard InChI is InChI=1S/C32H31FN4O5/c1-6-19-24(33)8-7-17-11-18(41-16-39-5)12-20(25(17)19)28-30-29-21(13-34-28)27(35-37(29)9-10-40-30)26-22-14-36(15-23(22)26)31(38)42-32(2,3)4/h1,7-8,11-13,22-23,26H,9-10,14-16H2,2-5H3/t22-,23+,26?. The van der Waals surface area contributed by atoms with Gasteiger partial charge in [-0.1, -0.05) is 12.0 Å². The van der Waals surface area contributed by atoms with Gasteiger partial charge in [-0.3, -0.25) is 9.67 Å². The molecule has 216 valence electrons. The number of likely N-dealkylation sites (tertiary alicyclic amines) is 1. The van der Waals surface area contributed by atoms with E-state index in [1.165, 1.54) is 6.07 Å². The van der Waals surface area contributed by atoms with Gasteiger partial charge in [0.15, 0.2) is 12.5 Å². The van der Waals surface area contributed by atoms with Crippen molar-refractivity contribution in [1.29, 1.82) is 0 Å². The summed E-state index contributed by atoms with van der Waals surface area (Å²) in [6.07, 6.45) is 7.34. The van der Waals surface area contributed by atoms with Gasteiger partial charge in [0.25, 0.3) is 0 Å². The van der Waals surface area contributed by atoms with Crippen molar-refractivity contribution in [3.05, 3.63) is 47.5 Å². The third kappa shape index (κ3) is 4.22. The maximum absolute atomic E-state index is 14.9. The summed E-state index contributed by atoms with van der Waals surface area (Å²) in [5, 5.41) is 7.23. The van der Waals surface area contributed by atoms with Gasteiger partial charge < -0.3 is 23.8 Å². The van der Waals surface area contributed by atoms with Crippen LogP contribution in [0.25, 0.3) is 32.9 Å². The number of benzene rings is 2. The van der Waals surface area contributed by atoms with E-state index in [-0.39, 0.29) is 24.4 Å². The molecule has 3 aliphatic rings. The number of piperidine rings is 1. The highest BCUT2D eigenvalue weighted by molar-refractivity contribution is 6.04. The van der Waals surface area contributed by atoms with Crippen molar-refractivity contribution in [2.45, 2.75) is 38.8 Å². The van der Waals surface area contributed by atoms with Crippen LogP contribution in [0, 0.1) is 30.0 Å². The second-order valence-corrected chi connectivity index (χ2v) is 12.1. The molecule has 0 N–H and O–H groups in total. The fraction of sp³-hybridized carbons (Fsp3) is 0.406. The number of nitrogens with zero attached hydrogens (tertiary/aromatic N) is 4. The van der Waals surface area contributed by atoms with E-state index in [9.17, 15) is 9.18 Å². The lowest BCUT2D eigenvalue weighted by Gasteiger charge is -2.25. The molecule has 2 aliphatic heterocycles. The number of fused-ring (bicyclic) bond motifs is 2. The number of carbonyl (C=O) groups excluding carboxylic acids is 1. The Morgan fingerprint density at radius 2 is 2.02 bits per heavy atom. The van der Waals surface area contributed by atoms with Crippen LogP contribution in [0.4, 0.5) is 9.18 Å². The van der Waals surface area contributed by atoms with Crippen molar-refractivity contribution >= 4 is 27.8 Å². The zero-order valence-corrected chi connectivity index (χ0v) is 23.9. The first-order valence-electron chi connectivity index (χ1n) is 14.0. The Bertz CT molecular complexity index is 1790. The minimum Gasteiger partial charge on any atom is -0.487 e. The summed E-state index contributed by atoms with van der Waals surface area (Å²) in [6.45, 7) is 7.99. The molecule has 1 saturated heterocycles. The minimum atomic E-state index is -0.527. The maximum atomic E-state index is 14.9. The predicted octanol–water partition coefficient (Wildman–Crippen LogP) is 5.33. The largest absolute Gasteiger partial charge is 0.487 e. The smallest absolute Gasteiger partial charge is 0.410 e. The van der Waals surface area contributed by atoms with E-state index in [1.807, 2.05) is 31.6 Å². The molecule has 4 heterocycles. The molecule has 1 unspecified atom stereocenters. The topological polar surface area (TPSA) is 87.9 Å². The Labute approximate surface area is 242 Å². The monoisotopic (exact) mass is 570 g/mol. The molecular weight excluding hydrogens is 539 g/mol. The molecule has 0 bridgehead atoms. The summed E-state index contributed by atoms with van der Waals surface area (Å²) in [5.74, 6) is 4.04. The van der Waals surface area contributed by atoms with Gasteiger partial charge in [0, 0.05) is 48.6 Å². The molecule has 2 fully saturated rings. The molecule has 1 amide bonds. The third-order valence-corrected chi connectivity index (χ3v) is 8.26. The summed E-state index contributed by atoms with van der Waals surface area (Å²) in [7, 11) is 1.54. The molecule has 2 aromatic carbocycles. The Morgan fingerprint density at radius 1 is 1.24 bits per heavy atom. The first kappa shape index (κ1) is 26.5. The van der Waals surface area contributed by atoms with Crippen molar-refractivity contribution in [2.75, 3.05) is 33.6 Å². The average Bonchev–Trinajstić information content (AvgIpc) is 3.26. The van der Waals surface area contributed by atoms with Crippen LogP contribution in [0.1, 0.15) is 37.9 Å². The summed E-state index contributed by atoms with van der Waals surface area (Å²) in [5.41, 5.74) is 2.60. The summed E-state index contributed by atoms with van der Waals surface area (Å²) < 4.78 is 39.6. The number of methoxy groups -OCH3 is 1. The molecule has 3 atom stereocenters. The fourth-order valence-electron chi connectivity index (χ4n) is 6.49. The predicted molar refractivity (Wildman–Crippen MR) is 154 cm³/mol. The molecule has 0 spiro atoms. The highest BCUT2D eigenvalue weighted by Crippen LogP contribution is 2.59. The first-order chi connectivity index (χ1) is 20.2. The van der Waals surface area contributed by atoms with Crippen molar-refractivity contribution < 1.29 is 28.1 Å². The highest BCUT2D eigenvalue weighted by Gasteiger charge is 2.59. The zero-order chi connectivity index (χ0) is 29.3. The van der Waals surface area contributed by atoms with E-state index < -0.39 is 11.4 Å². The highest BCUT2D eigenvalue weighted by atomic mass is 19.1. The van der Waals surface area contributed by atoms with Crippen molar-refractivity contribution in [3.63, 3.8) is 0 Å².